The van der Waals surface area contributed by atoms with Crippen molar-refractivity contribution in [2.45, 2.75) is 64.2 Å². The molecule has 0 aliphatic carbocycles. The number of halogens is 7. The van der Waals surface area contributed by atoms with Gasteiger partial charge < -0.3 is 24.6 Å². The number of nitrogens with one attached hydrogen (secondary N) is 1. The highest BCUT2D eigenvalue weighted by Gasteiger charge is 2.40. The zero-order chi connectivity index (χ0) is 33.0. The van der Waals surface area contributed by atoms with E-state index in [0.29, 0.717) is 23.3 Å². The van der Waals surface area contributed by atoms with Crippen molar-refractivity contribution >= 4 is 18.1 Å². The minimum atomic E-state index is -5.06. The first-order valence-electron chi connectivity index (χ1n) is 13.6. The molecule has 1 heterocycles. The molecule has 0 unspecified atom stereocenters. The summed E-state index contributed by atoms with van der Waals surface area (Å²) in [5.41, 5.74) is -2.43. The van der Waals surface area contributed by atoms with Gasteiger partial charge in [0, 0.05) is 26.4 Å². The van der Waals surface area contributed by atoms with Crippen LogP contribution in [0.4, 0.5) is 40.3 Å². The summed E-state index contributed by atoms with van der Waals surface area (Å²) in [6, 6.07) is 2.27. The number of amides is 3. The van der Waals surface area contributed by atoms with Crippen molar-refractivity contribution in [1.82, 2.24) is 15.1 Å². The largest absolute Gasteiger partial charge is 0.465 e. The Balaban J connectivity index is 1.88. The number of urea groups is 1. The molecule has 44 heavy (non-hydrogen) atoms. The number of likely N-dealkylation sites (tertiary alicyclic amines) is 1. The lowest BCUT2D eigenvalue weighted by molar-refractivity contribution is -0.143. The van der Waals surface area contributed by atoms with Gasteiger partial charge in [0.2, 0.25) is 0 Å². The lowest BCUT2D eigenvalue weighted by atomic mass is 9.90. The third-order valence-corrected chi connectivity index (χ3v) is 7.32. The van der Waals surface area contributed by atoms with Crippen LogP contribution in [0, 0.1) is 12.7 Å². The second-order valence-electron chi connectivity index (χ2n) is 10.3. The summed E-state index contributed by atoms with van der Waals surface area (Å²) in [6.07, 6.45) is -11.6. The Kier molecular flexibility index (Phi) is 10.7. The van der Waals surface area contributed by atoms with E-state index in [0.717, 1.165) is 4.90 Å². The topological polar surface area (TPSA) is 88.2 Å². The Hall–Kier alpha value is -4.04. The first kappa shape index (κ1) is 34.5. The number of hydrogen-bond acceptors (Lipinski definition) is 5. The molecule has 3 rings (SSSR count). The van der Waals surface area contributed by atoms with E-state index in [1.807, 2.05) is 0 Å². The summed E-state index contributed by atoms with van der Waals surface area (Å²) in [4.78, 5) is 40.0. The van der Waals surface area contributed by atoms with Gasteiger partial charge in [-0.1, -0.05) is 6.07 Å². The van der Waals surface area contributed by atoms with Crippen LogP contribution in [0.25, 0.3) is 0 Å². The fraction of sp³-hybridized carbons (Fsp3) is 0.483. The molecule has 3 amide bonds. The minimum Gasteiger partial charge on any atom is -0.465 e. The number of hydrogen-bond donors (Lipinski definition) is 1. The van der Waals surface area contributed by atoms with E-state index in [4.69, 9.17) is 9.47 Å². The normalized spacial score (nSPS) is 17.9. The van der Waals surface area contributed by atoms with Gasteiger partial charge in [-0.15, -0.1) is 0 Å². The molecule has 0 saturated carbocycles. The number of carbonyl (C=O) groups is 3. The molecule has 0 radical (unpaired) electrons. The number of aryl methyl sites for hydroxylation is 1. The molecule has 0 spiro atoms. The van der Waals surface area contributed by atoms with Crippen LogP contribution in [0.2, 0.25) is 0 Å². The third-order valence-electron chi connectivity index (χ3n) is 7.32. The Morgan fingerprint density at radius 1 is 1.05 bits per heavy atom. The van der Waals surface area contributed by atoms with Crippen molar-refractivity contribution in [2.24, 2.45) is 0 Å². The van der Waals surface area contributed by atoms with E-state index in [-0.39, 0.29) is 37.6 Å². The summed E-state index contributed by atoms with van der Waals surface area (Å²) in [5, 5.41) is 2.27. The summed E-state index contributed by atoms with van der Waals surface area (Å²) in [7, 11) is 1.25. The van der Waals surface area contributed by atoms with Gasteiger partial charge in [0.05, 0.1) is 29.8 Å². The van der Waals surface area contributed by atoms with Gasteiger partial charge in [-0.25, -0.2) is 14.0 Å². The van der Waals surface area contributed by atoms with Gasteiger partial charge in [-0.05, 0) is 67.8 Å². The van der Waals surface area contributed by atoms with Crippen LogP contribution in [-0.4, -0.2) is 60.7 Å². The summed E-state index contributed by atoms with van der Waals surface area (Å²) >= 11 is 0. The number of alkyl carbamates (subject to hydrolysis) is 1. The first-order valence-corrected chi connectivity index (χ1v) is 13.6. The van der Waals surface area contributed by atoms with Gasteiger partial charge in [0.1, 0.15) is 18.5 Å². The molecule has 1 fully saturated rings. The second-order valence-corrected chi connectivity index (χ2v) is 10.3. The van der Waals surface area contributed by atoms with E-state index in [1.165, 1.54) is 37.1 Å². The van der Waals surface area contributed by atoms with Crippen molar-refractivity contribution in [3.8, 4) is 0 Å². The SMILES string of the molecule is CCOC(=O)CNC(=O)O[C@H]1CCN(C(=O)N(C)[C@@H](C)c2cc(C(F)(F)F)cc(C(F)(F)F)c2)[C@@H](c2ccc(F)cc2C)C1. The van der Waals surface area contributed by atoms with Crippen molar-refractivity contribution in [3.05, 3.63) is 70.0 Å². The van der Waals surface area contributed by atoms with Crippen molar-refractivity contribution in [1.29, 1.82) is 0 Å². The lowest BCUT2D eigenvalue weighted by Crippen LogP contribution is -2.49. The van der Waals surface area contributed by atoms with E-state index < -0.39 is 72.1 Å². The molecule has 2 aromatic carbocycles. The smallest absolute Gasteiger partial charge is 0.416 e. The Morgan fingerprint density at radius 3 is 2.20 bits per heavy atom. The monoisotopic (exact) mass is 635 g/mol. The number of piperidine rings is 1. The molecule has 8 nitrogen and oxygen atoms in total. The van der Waals surface area contributed by atoms with Gasteiger partial charge in [-0.3, -0.25) is 4.79 Å². The fourth-order valence-electron chi connectivity index (χ4n) is 4.94. The molecule has 242 valence electrons. The number of nitrogens with zero attached hydrogens (tertiary/aromatic N) is 2. The number of esters is 1. The van der Waals surface area contributed by atoms with Crippen LogP contribution in [0.5, 0.6) is 0 Å². The number of rotatable bonds is 7. The number of alkyl halides is 6. The molecular formula is C29H32F7N3O5. The second kappa shape index (κ2) is 13.7. The van der Waals surface area contributed by atoms with E-state index >= 15 is 0 Å². The summed E-state index contributed by atoms with van der Waals surface area (Å²) in [5.74, 6) is -1.22. The lowest BCUT2D eigenvalue weighted by Gasteiger charge is -2.42. The minimum absolute atomic E-state index is 0.0129. The third kappa shape index (κ3) is 8.53. The predicted octanol–water partition coefficient (Wildman–Crippen LogP) is 6.78. The molecule has 1 saturated heterocycles. The highest BCUT2D eigenvalue weighted by molar-refractivity contribution is 5.78. The Labute approximate surface area is 249 Å². The number of ether oxygens (including phenoxy) is 2. The Bertz CT molecular complexity index is 1330. The van der Waals surface area contributed by atoms with E-state index in [2.05, 4.69) is 5.32 Å². The Morgan fingerprint density at radius 2 is 1.66 bits per heavy atom. The molecule has 1 aliphatic rings. The average Bonchev–Trinajstić information content (AvgIpc) is 2.94. The first-order chi connectivity index (χ1) is 20.4. The van der Waals surface area contributed by atoms with Crippen LogP contribution in [0.3, 0.4) is 0 Å². The van der Waals surface area contributed by atoms with Gasteiger partial charge in [0.15, 0.2) is 0 Å². The molecule has 2 aromatic rings. The maximum absolute atomic E-state index is 13.9. The van der Waals surface area contributed by atoms with E-state index in [1.54, 1.807) is 13.8 Å². The molecule has 1 N–H and O–H groups in total. The average molecular weight is 636 g/mol. The maximum Gasteiger partial charge on any atom is 0.416 e. The zero-order valence-corrected chi connectivity index (χ0v) is 24.3. The molecule has 1 aliphatic heterocycles. The molecule has 0 bridgehead atoms. The van der Waals surface area contributed by atoms with Crippen LogP contribution < -0.4 is 5.32 Å². The zero-order valence-electron chi connectivity index (χ0n) is 24.3. The molecule has 0 aromatic heterocycles. The van der Waals surface area contributed by atoms with Crippen LogP contribution in [0.1, 0.15) is 66.6 Å². The maximum atomic E-state index is 13.9. The van der Waals surface area contributed by atoms with Crippen molar-refractivity contribution in [3.63, 3.8) is 0 Å². The fourth-order valence-corrected chi connectivity index (χ4v) is 4.94. The quantitative estimate of drug-likeness (QED) is 0.268. The number of benzene rings is 2. The summed E-state index contributed by atoms with van der Waals surface area (Å²) in [6.45, 7) is 4.16. The van der Waals surface area contributed by atoms with E-state index in [9.17, 15) is 45.1 Å². The highest BCUT2D eigenvalue weighted by atomic mass is 19.4. The van der Waals surface area contributed by atoms with Gasteiger partial charge in [0.25, 0.3) is 0 Å². The standard InChI is InChI=1S/C29H32F7N3O5/c1-5-43-25(40)15-37-26(41)44-22-8-9-39(24(14-22)23-7-6-21(30)10-16(23)2)27(42)38(4)17(3)18-11-19(28(31,32)33)13-20(12-18)29(34,35)36/h6-7,10-13,17,22,24H,5,8-9,14-15H2,1-4H3,(H,37,41)/t17-,22-,24+/m0/s1. The number of carbonyl (C=O) groups excluding carboxylic acids is 3. The van der Waals surface area contributed by atoms with Crippen LogP contribution in [-0.2, 0) is 26.6 Å². The highest BCUT2D eigenvalue weighted by Crippen LogP contribution is 2.40. The van der Waals surface area contributed by atoms with Crippen molar-refractivity contribution < 1.29 is 54.6 Å². The molecule has 3 atom stereocenters. The molecular weight excluding hydrogens is 603 g/mol. The predicted molar refractivity (Wildman–Crippen MR) is 143 cm³/mol. The molecule has 15 heteroatoms. The van der Waals surface area contributed by atoms with Gasteiger partial charge in [-0.2, -0.15) is 26.3 Å². The van der Waals surface area contributed by atoms with Crippen LogP contribution in [0.15, 0.2) is 36.4 Å². The van der Waals surface area contributed by atoms with Crippen LogP contribution >= 0.6 is 0 Å². The van der Waals surface area contributed by atoms with Crippen molar-refractivity contribution in [2.75, 3.05) is 26.7 Å². The van der Waals surface area contributed by atoms with Gasteiger partial charge >= 0.3 is 30.4 Å². The summed E-state index contributed by atoms with van der Waals surface area (Å²) < 4.78 is 105.